The van der Waals surface area contributed by atoms with E-state index >= 15 is 0 Å². The minimum absolute atomic E-state index is 0.0742. The third-order valence-corrected chi connectivity index (χ3v) is 3.66. The van der Waals surface area contributed by atoms with Crippen LogP contribution in [0.25, 0.3) is 0 Å². The van der Waals surface area contributed by atoms with Gasteiger partial charge in [0.25, 0.3) is 5.91 Å². The van der Waals surface area contributed by atoms with Crippen LogP contribution < -0.4 is 16.0 Å². The minimum Gasteiger partial charge on any atom is -0.355 e. The maximum atomic E-state index is 12.1. The zero-order valence-electron chi connectivity index (χ0n) is 11.3. The first-order chi connectivity index (χ1) is 9.61. The number of amides is 2. The van der Waals surface area contributed by atoms with Gasteiger partial charge in [-0.3, -0.25) is 9.59 Å². The monoisotopic (exact) mass is 295 g/mol. The summed E-state index contributed by atoms with van der Waals surface area (Å²) in [6.07, 6.45) is 2.99. The van der Waals surface area contributed by atoms with Crippen molar-refractivity contribution in [3.05, 3.63) is 28.8 Å². The van der Waals surface area contributed by atoms with Crippen LogP contribution in [0.15, 0.2) is 18.2 Å². The lowest BCUT2D eigenvalue weighted by Gasteiger charge is -2.22. The molecular formula is C14H18ClN3O2. The summed E-state index contributed by atoms with van der Waals surface area (Å²) in [7, 11) is 1.54. The van der Waals surface area contributed by atoms with Crippen LogP contribution in [0.4, 0.5) is 5.69 Å². The molecule has 0 aromatic heterocycles. The van der Waals surface area contributed by atoms with Gasteiger partial charge in [-0.1, -0.05) is 18.0 Å². The van der Waals surface area contributed by atoms with Crippen LogP contribution in [0.3, 0.4) is 0 Å². The topological polar surface area (TPSA) is 70.2 Å². The summed E-state index contributed by atoms with van der Waals surface area (Å²) in [5, 5.41) is 8.88. The summed E-state index contributed by atoms with van der Waals surface area (Å²) in [4.78, 5) is 23.7. The standard InChI is InChI=1S/C14H18ClN3O2/c1-16-13(19)10-8-9(5-6-11(10)15)18-14(20)12-4-2-3-7-17-12/h5-6,8,12,17H,2-4,7H2,1H3,(H,16,19)(H,18,20). The number of halogens is 1. The number of nitrogens with one attached hydrogen (secondary N) is 3. The van der Waals surface area contributed by atoms with Crippen molar-refractivity contribution in [2.45, 2.75) is 25.3 Å². The van der Waals surface area contributed by atoms with E-state index < -0.39 is 0 Å². The number of carbonyl (C=O) groups excluding carboxylic acids is 2. The van der Waals surface area contributed by atoms with Crippen LogP contribution in [0.5, 0.6) is 0 Å². The SMILES string of the molecule is CNC(=O)c1cc(NC(=O)C2CCCCN2)ccc1Cl. The molecule has 5 nitrogen and oxygen atoms in total. The molecule has 1 aliphatic heterocycles. The number of hydrogen-bond acceptors (Lipinski definition) is 3. The molecule has 20 heavy (non-hydrogen) atoms. The van der Waals surface area contributed by atoms with E-state index in [9.17, 15) is 9.59 Å². The van der Waals surface area contributed by atoms with Crippen LogP contribution >= 0.6 is 11.6 Å². The molecule has 2 amide bonds. The molecule has 0 bridgehead atoms. The maximum Gasteiger partial charge on any atom is 0.252 e. The Morgan fingerprint density at radius 2 is 2.15 bits per heavy atom. The predicted molar refractivity (Wildman–Crippen MR) is 79.1 cm³/mol. The van der Waals surface area contributed by atoms with Gasteiger partial charge >= 0.3 is 0 Å². The Bertz CT molecular complexity index is 513. The Kier molecular flexibility index (Phi) is 4.98. The van der Waals surface area contributed by atoms with Crippen molar-refractivity contribution in [2.75, 3.05) is 18.9 Å². The van der Waals surface area contributed by atoms with Crippen molar-refractivity contribution >= 4 is 29.1 Å². The van der Waals surface area contributed by atoms with Crippen molar-refractivity contribution < 1.29 is 9.59 Å². The average molecular weight is 296 g/mol. The minimum atomic E-state index is -0.276. The fourth-order valence-corrected chi connectivity index (χ4v) is 2.42. The molecule has 3 N–H and O–H groups in total. The molecule has 1 atom stereocenters. The van der Waals surface area contributed by atoms with E-state index in [-0.39, 0.29) is 17.9 Å². The highest BCUT2D eigenvalue weighted by molar-refractivity contribution is 6.34. The summed E-state index contributed by atoms with van der Waals surface area (Å²) in [5.41, 5.74) is 0.925. The van der Waals surface area contributed by atoms with Gasteiger partial charge in [0.15, 0.2) is 0 Å². The molecule has 1 heterocycles. The third kappa shape index (κ3) is 3.49. The largest absolute Gasteiger partial charge is 0.355 e. The van der Waals surface area contributed by atoms with Gasteiger partial charge in [-0.25, -0.2) is 0 Å². The first kappa shape index (κ1) is 14.8. The second-order valence-corrected chi connectivity index (χ2v) is 5.17. The molecule has 1 fully saturated rings. The lowest BCUT2D eigenvalue weighted by Crippen LogP contribution is -2.43. The first-order valence-electron chi connectivity index (χ1n) is 6.67. The number of anilines is 1. The summed E-state index contributed by atoms with van der Waals surface area (Å²) in [6, 6.07) is 4.72. The van der Waals surface area contributed by atoms with Crippen molar-refractivity contribution in [1.82, 2.24) is 10.6 Å². The number of hydrogen-bond donors (Lipinski definition) is 3. The summed E-state index contributed by atoms with van der Waals surface area (Å²) in [5.74, 6) is -0.350. The Morgan fingerprint density at radius 3 is 2.80 bits per heavy atom. The summed E-state index contributed by atoms with van der Waals surface area (Å²) in [6.45, 7) is 0.863. The van der Waals surface area contributed by atoms with Crippen molar-refractivity contribution in [1.29, 1.82) is 0 Å². The van der Waals surface area contributed by atoms with E-state index in [1.165, 1.54) is 7.05 Å². The van der Waals surface area contributed by atoms with E-state index in [2.05, 4.69) is 16.0 Å². The number of rotatable bonds is 3. The van der Waals surface area contributed by atoms with E-state index in [1.54, 1.807) is 18.2 Å². The van der Waals surface area contributed by atoms with E-state index in [4.69, 9.17) is 11.6 Å². The van der Waals surface area contributed by atoms with Gasteiger partial charge in [-0.2, -0.15) is 0 Å². The Balaban J connectivity index is 2.09. The molecule has 1 aromatic carbocycles. The van der Waals surface area contributed by atoms with Gasteiger partial charge in [-0.05, 0) is 37.6 Å². The van der Waals surface area contributed by atoms with Gasteiger partial charge in [0.2, 0.25) is 5.91 Å². The van der Waals surface area contributed by atoms with Gasteiger partial charge in [0.1, 0.15) is 0 Å². The molecule has 0 saturated carbocycles. The number of piperidine rings is 1. The fraction of sp³-hybridized carbons (Fsp3) is 0.429. The predicted octanol–water partition coefficient (Wildman–Crippen LogP) is 1.78. The van der Waals surface area contributed by atoms with Gasteiger partial charge in [0.05, 0.1) is 16.6 Å². The lowest BCUT2D eigenvalue weighted by atomic mass is 10.0. The summed E-state index contributed by atoms with van der Waals surface area (Å²) >= 11 is 5.97. The van der Waals surface area contributed by atoms with Crippen LogP contribution in [-0.4, -0.2) is 31.4 Å². The molecule has 108 valence electrons. The lowest BCUT2D eigenvalue weighted by molar-refractivity contribution is -0.118. The molecule has 0 aliphatic carbocycles. The van der Waals surface area contributed by atoms with Crippen LogP contribution in [0.1, 0.15) is 29.6 Å². The van der Waals surface area contributed by atoms with Crippen molar-refractivity contribution in [3.8, 4) is 0 Å². The highest BCUT2D eigenvalue weighted by Gasteiger charge is 2.20. The summed E-state index contributed by atoms with van der Waals surface area (Å²) < 4.78 is 0. The Morgan fingerprint density at radius 1 is 1.35 bits per heavy atom. The molecular weight excluding hydrogens is 278 g/mol. The Hall–Kier alpha value is -1.59. The fourth-order valence-electron chi connectivity index (χ4n) is 2.22. The molecule has 0 radical (unpaired) electrons. The maximum absolute atomic E-state index is 12.1. The second-order valence-electron chi connectivity index (χ2n) is 4.77. The second kappa shape index (κ2) is 6.72. The third-order valence-electron chi connectivity index (χ3n) is 3.33. The van der Waals surface area contributed by atoms with E-state index in [0.717, 1.165) is 25.8 Å². The smallest absolute Gasteiger partial charge is 0.252 e. The molecule has 1 saturated heterocycles. The molecule has 6 heteroatoms. The number of carbonyl (C=O) groups is 2. The molecule has 1 aliphatic rings. The van der Waals surface area contributed by atoms with Gasteiger partial charge in [0, 0.05) is 12.7 Å². The van der Waals surface area contributed by atoms with E-state index in [0.29, 0.717) is 16.3 Å². The molecule has 1 unspecified atom stereocenters. The van der Waals surface area contributed by atoms with E-state index in [1.807, 2.05) is 0 Å². The quantitative estimate of drug-likeness (QED) is 0.796. The normalized spacial score (nSPS) is 18.4. The Labute approximate surface area is 123 Å². The molecule has 2 rings (SSSR count). The van der Waals surface area contributed by atoms with Gasteiger partial charge < -0.3 is 16.0 Å². The van der Waals surface area contributed by atoms with Crippen LogP contribution in [0, 0.1) is 0 Å². The molecule has 1 aromatic rings. The zero-order valence-corrected chi connectivity index (χ0v) is 12.1. The first-order valence-corrected chi connectivity index (χ1v) is 7.05. The molecule has 0 spiro atoms. The van der Waals surface area contributed by atoms with Crippen molar-refractivity contribution in [3.63, 3.8) is 0 Å². The van der Waals surface area contributed by atoms with Crippen LogP contribution in [-0.2, 0) is 4.79 Å². The average Bonchev–Trinajstić information content (AvgIpc) is 2.49. The number of benzene rings is 1. The van der Waals surface area contributed by atoms with Crippen LogP contribution in [0.2, 0.25) is 5.02 Å². The van der Waals surface area contributed by atoms with Crippen molar-refractivity contribution in [2.24, 2.45) is 0 Å². The zero-order chi connectivity index (χ0) is 14.5. The highest BCUT2D eigenvalue weighted by atomic mass is 35.5. The van der Waals surface area contributed by atoms with Gasteiger partial charge in [-0.15, -0.1) is 0 Å². The highest BCUT2D eigenvalue weighted by Crippen LogP contribution is 2.21.